The monoisotopic (exact) mass is 332 g/mol. The number of aldehydes is 1. The molecule has 0 fully saturated rings. The van der Waals surface area contributed by atoms with Crippen LogP contribution < -0.4 is 9.47 Å². The van der Waals surface area contributed by atoms with Crippen LogP contribution in [0.1, 0.15) is 21.5 Å². The van der Waals surface area contributed by atoms with Gasteiger partial charge in [0.1, 0.15) is 18.1 Å². The summed E-state index contributed by atoms with van der Waals surface area (Å²) >= 11 is 3.48. The molecule has 0 saturated carbocycles. The Labute approximate surface area is 125 Å². The minimum atomic E-state index is 0.492. The van der Waals surface area contributed by atoms with E-state index in [0.717, 1.165) is 34.1 Å². The average molecular weight is 333 g/mol. The standard InChI is InChI=1S/C16H13BrO3/c17-14-8-12(9-18)15-13(6-7-19-15)16(14)20-10-11-4-2-1-3-5-11/h1-5,8-9H,6-7,10H2. The Morgan fingerprint density at radius 2 is 2.10 bits per heavy atom. The molecule has 4 heteroatoms. The summed E-state index contributed by atoms with van der Waals surface area (Å²) in [5.41, 5.74) is 2.64. The average Bonchev–Trinajstić information content (AvgIpc) is 2.96. The van der Waals surface area contributed by atoms with Crippen molar-refractivity contribution in [3.8, 4) is 11.5 Å². The number of ether oxygens (including phenoxy) is 2. The lowest BCUT2D eigenvalue weighted by atomic mass is 10.1. The zero-order chi connectivity index (χ0) is 13.9. The maximum atomic E-state index is 11.1. The highest BCUT2D eigenvalue weighted by Crippen LogP contribution is 2.41. The second kappa shape index (κ2) is 5.67. The van der Waals surface area contributed by atoms with Crippen molar-refractivity contribution in [2.45, 2.75) is 13.0 Å². The highest BCUT2D eigenvalue weighted by molar-refractivity contribution is 9.10. The number of halogens is 1. The van der Waals surface area contributed by atoms with Crippen LogP contribution in [0.15, 0.2) is 40.9 Å². The second-order valence-electron chi connectivity index (χ2n) is 4.58. The molecule has 2 aromatic rings. The molecule has 0 amide bonds. The Kier molecular flexibility index (Phi) is 3.74. The first kappa shape index (κ1) is 13.2. The van der Waals surface area contributed by atoms with E-state index in [1.807, 2.05) is 30.3 Å². The van der Waals surface area contributed by atoms with E-state index in [1.165, 1.54) is 0 Å². The zero-order valence-electron chi connectivity index (χ0n) is 10.8. The van der Waals surface area contributed by atoms with E-state index in [9.17, 15) is 4.79 Å². The van der Waals surface area contributed by atoms with E-state index >= 15 is 0 Å². The second-order valence-corrected chi connectivity index (χ2v) is 5.43. The molecule has 2 aromatic carbocycles. The minimum Gasteiger partial charge on any atom is -0.492 e. The van der Waals surface area contributed by atoms with Crippen molar-refractivity contribution in [2.75, 3.05) is 6.61 Å². The van der Waals surface area contributed by atoms with Gasteiger partial charge in [0.15, 0.2) is 6.29 Å². The van der Waals surface area contributed by atoms with Crippen LogP contribution in [0.25, 0.3) is 0 Å². The van der Waals surface area contributed by atoms with Crippen molar-refractivity contribution >= 4 is 22.2 Å². The van der Waals surface area contributed by atoms with Gasteiger partial charge in [-0.15, -0.1) is 0 Å². The van der Waals surface area contributed by atoms with Gasteiger partial charge in [-0.2, -0.15) is 0 Å². The molecule has 0 saturated heterocycles. The van der Waals surface area contributed by atoms with Gasteiger partial charge in [-0.3, -0.25) is 4.79 Å². The number of rotatable bonds is 4. The fourth-order valence-corrected chi connectivity index (χ4v) is 2.92. The van der Waals surface area contributed by atoms with Crippen molar-refractivity contribution in [2.24, 2.45) is 0 Å². The van der Waals surface area contributed by atoms with Crippen LogP contribution >= 0.6 is 15.9 Å². The van der Waals surface area contributed by atoms with Gasteiger partial charge >= 0.3 is 0 Å². The van der Waals surface area contributed by atoms with Crippen LogP contribution in [0.5, 0.6) is 11.5 Å². The minimum absolute atomic E-state index is 0.492. The number of hydrogen-bond donors (Lipinski definition) is 0. The molecule has 0 aliphatic carbocycles. The smallest absolute Gasteiger partial charge is 0.153 e. The van der Waals surface area contributed by atoms with E-state index in [-0.39, 0.29) is 0 Å². The largest absolute Gasteiger partial charge is 0.492 e. The molecular formula is C16H13BrO3. The molecule has 0 spiro atoms. The predicted molar refractivity (Wildman–Crippen MR) is 79.5 cm³/mol. The van der Waals surface area contributed by atoms with Gasteiger partial charge in [0, 0.05) is 12.0 Å². The van der Waals surface area contributed by atoms with Crippen LogP contribution in [-0.4, -0.2) is 12.9 Å². The van der Waals surface area contributed by atoms with Crippen LogP contribution in [0.4, 0.5) is 0 Å². The molecule has 1 aliphatic rings. The summed E-state index contributed by atoms with van der Waals surface area (Å²) in [6, 6.07) is 11.7. The lowest BCUT2D eigenvalue weighted by molar-refractivity contribution is 0.112. The maximum Gasteiger partial charge on any atom is 0.153 e. The number of fused-ring (bicyclic) bond motifs is 1. The molecule has 3 nitrogen and oxygen atoms in total. The van der Waals surface area contributed by atoms with Crippen molar-refractivity contribution in [3.05, 3.63) is 57.6 Å². The first-order valence-corrected chi connectivity index (χ1v) is 7.19. The fourth-order valence-electron chi connectivity index (χ4n) is 2.32. The number of carbonyl (C=O) groups excluding carboxylic acids is 1. The number of benzene rings is 2. The van der Waals surface area contributed by atoms with Crippen LogP contribution in [-0.2, 0) is 13.0 Å². The van der Waals surface area contributed by atoms with Gasteiger partial charge in [0.2, 0.25) is 0 Å². The van der Waals surface area contributed by atoms with Gasteiger partial charge in [-0.1, -0.05) is 30.3 Å². The van der Waals surface area contributed by atoms with Crippen LogP contribution in [0.2, 0.25) is 0 Å². The third-order valence-electron chi connectivity index (χ3n) is 3.26. The summed E-state index contributed by atoms with van der Waals surface area (Å²) in [7, 11) is 0. The molecule has 0 unspecified atom stereocenters. The van der Waals surface area contributed by atoms with Gasteiger partial charge in [0.05, 0.1) is 16.6 Å². The molecule has 0 bridgehead atoms. The molecule has 1 heterocycles. The predicted octanol–water partition coefficient (Wildman–Crippen LogP) is 3.78. The molecule has 0 atom stereocenters. The summed E-state index contributed by atoms with van der Waals surface area (Å²) in [6.07, 6.45) is 1.58. The van der Waals surface area contributed by atoms with E-state index < -0.39 is 0 Å². The van der Waals surface area contributed by atoms with Crippen LogP contribution in [0, 0.1) is 0 Å². The highest BCUT2D eigenvalue weighted by Gasteiger charge is 2.23. The Balaban J connectivity index is 1.90. The van der Waals surface area contributed by atoms with E-state index in [4.69, 9.17) is 9.47 Å². The van der Waals surface area contributed by atoms with Crippen molar-refractivity contribution in [1.82, 2.24) is 0 Å². The lowest BCUT2D eigenvalue weighted by Crippen LogP contribution is -1.99. The summed E-state index contributed by atoms with van der Waals surface area (Å²) in [4.78, 5) is 11.1. The third kappa shape index (κ3) is 2.43. The Bertz CT molecular complexity index is 638. The third-order valence-corrected chi connectivity index (χ3v) is 3.85. The molecule has 3 rings (SSSR count). The first-order chi connectivity index (χ1) is 9.79. The molecule has 20 heavy (non-hydrogen) atoms. The Morgan fingerprint density at radius 3 is 2.85 bits per heavy atom. The molecular weight excluding hydrogens is 320 g/mol. The summed E-state index contributed by atoms with van der Waals surface area (Å²) < 4.78 is 12.2. The van der Waals surface area contributed by atoms with E-state index in [0.29, 0.717) is 24.5 Å². The highest BCUT2D eigenvalue weighted by atomic mass is 79.9. The molecule has 0 N–H and O–H groups in total. The topological polar surface area (TPSA) is 35.5 Å². The number of hydrogen-bond acceptors (Lipinski definition) is 3. The Hall–Kier alpha value is -1.81. The molecule has 102 valence electrons. The lowest BCUT2D eigenvalue weighted by Gasteiger charge is -2.13. The zero-order valence-corrected chi connectivity index (χ0v) is 12.4. The molecule has 0 radical (unpaired) electrons. The Morgan fingerprint density at radius 1 is 1.30 bits per heavy atom. The van der Waals surface area contributed by atoms with E-state index in [1.54, 1.807) is 6.07 Å². The molecule has 1 aliphatic heterocycles. The number of carbonyl (C=O) groups is 1. The maximum absolute atomic E-state index is 11.1. The molecule has 0 aromatic heterocycles. The van der Waals surface area contributed by atoms with Crippen molar-refractivity contribution in [1.29, 1.82) is 0 Å². The first-order valence-electron chi connectivity index (χ1n) is 6.39. The summed E-state index contributed by atoms with van der Waals surface area (Å²) in [5, 5.41) is 0. The quantitative estimate of drug-likeness (QED) is 0.799. The SMILES string of the molecule is O=Cc1cc(Br)c(OCc2ccccc2)c2c1OCC2. The summed E-state index contributed by atoms with van der Waals surface area (Å²) in [5.74, 6) is 1.43. The van der Waals surface area contributed by atoms with Crippen LogP contribution in [0.3, 0.4) is 0 Å². The van der Waals surface area contributed by atoms with Crippen molar-refractivity contribution < 1.29 is 14.3 Å². The normalized spacial score (nSPS) is 12.7. The summed E-state index contributed by atoms with van der Waals surface area (Å²) in [6.45, 7) is 1.08. The van der Waals surface area contributed by atoms with Gasteiger partial charge in [0.25, 0.3) is 0 Å². The fraction of sp³-hybridized carbons (Fsp3) is 0.188. The van der Waals surface area contributed by atoms with E-state index in [2.05, 4.69) is 15.9 Å². The van der Waals surface area contributed by atoms with Gasteiger partial charge < -0.3 is 9.47 Å². The van der Waals surface area contributed by atoms with Gasteiger partial charge in [-0.05, 0) is 27.6 Å². The van der Waals surface area contributed by atoms with Crippen molar-refractivity contribution in [3.63, 3.8) is 0 Å². The van der Waals surface area contributed by atoms with Gasteiger partial charge in [-0.25, -0.2) is 0 Å².